The summed E-state index contributed by atoms with van der Waals surface area (Å²) in [5, 5.41) is 0. The minimum absolute atomic E-state index is 0.0584. The number of methoxy groups -OCH3 is 1. The highest BCUT2D eigenvalue weighted by Crippen LogP contribution is 2.25. The molecule has 0 aromatic heterocycles. The van der Waals surface area contributed by atoms with Crippen LogP contribution in [0.25, 0.3) is 0 Å². The van der Waals surface area contributed by atoms with Gasteiger partial charge in [-0.25, -0.2) is 0 Å². The summed E-state index contributed by atoms with van der Waals surface area (Å²) in [6.07, 6.45) is -0.399. The van der Waals surface area contributed by atoms with Gasteiger partial charge >= 0.3 is 0 Å². The first-order valence-corrected chi connectivity index (χ1v) is 5.91. The minimum atomic E-state index is -0.399. The molecule has 2 nitrogen and oxygen atoms in total. The zero-order valence-corrected chi connectivity index (χ0v) is 11.6. The first kappa shape index (κ1) is 13.9. The molecule has 1 rings (SSSR count). The first-order chi connectivity index (χ1) is 7.77. The van der Waals surface area contributed by atoms with E-state index in [1.165, 1.54) is 5.56 Å². The first-order valence-electron chi connectivity index (χ1n) is 5.91. The second kappa shape index (κ2) is 5.01. The van der Waals surface area contributed by atoms with Crippen LogP contribution >= 0.6 is 0 Å². The Balaban J connectivity index is 3.07. The average Bonchev–Trinajstić information content (AvgIpc) is 2.20. The van der Waals surface area contributed by atoms with E-state index in [4.69, 9.17) is 4.74 Å². The van der Waals surface area contributed by atoms with Gasteiger partial charge in [-0.2, -0.15) is 0 Å². The molecule has 2 heteroatoms. The second-order valence-electron chi connectivity index (χ2n) is 5.65. The fraction of sp³-hybridized carbons (Fsp3) is 0.533. The summed E-state index contributed by atoms with van der Waals surface area (Å²) in [7, 11) is 1.59. The van der Waals surface area contributed by atoms with Crippen molar-refractivity contribution >= 4 is 5.78 Å². The molecule has 0 radical (unpaired) electrons. The number of carbonyl (C=O) groups is 1. The Bertz CT molecular complexity index is 413. The lowest BCUT2D eigenvalue weighted by Gasteiger charge is -2.28. The van der Waals surface area contributed by atoms with E-state index in [-0.39, 0.29) is 11.2 Å². The number of carbonyl (C=O) groups excluding carboxylic acids is 1. The number of hydrogen-bond acceptors (Lipinski definition) is 2. The van der Waals surface area contributed by atoms with Crippen LogP contribution in [0, 0.1) is 19.3 Å². The molecule has 1 atom stereocenters. The number of hydrogen-bond donors (Lipinski definition) is 0. The molecule has 0 fully saturated rings. The maximum Gasteiger partial charge on any atom is 0.192 e. The predicted molar refractivity (Wildman–Crippen MR) is 70.5 cm³/mol. The van der Waals surface area contributed by atoms with E-state index in [0.29, 0.717) is 0 Å². The number of ether oxygens (including phenoxy) is 1. The van der Waals surface area contributed by atoms with Crippen LogP contribution in [0.2, 0.25) is 0 Å². The molecule has 0 saturated heterocycles. The van der Waals surface area contributed by atoms with Gasteiger partial charge in [0.1, 0.15) is 6.10 Å². The largest absolute Gasteiger partial charge is 0.373 e. The summed E-state index contributed by atoms with van der Waals surface area (Å²) in [6.45, 7) is 10.1. The van der Waals surface area contributed by atoms with Gasteiger partial charge in [0.2, 0.25) is 0 Å². The Morgan fingerprint density at radius 3 is 2.18 bits per heavy atom. The summed E-state index contributed by atoms with van der Waals surface area (Å²) in [4.78, 5) is 12.4. The van der Waals surface area contributed by atoms with Gasteiger partial charge in [-0.1, -0.05) is 32.9 Å². The van der Waals surface area contributed by atoms with E-state index in [1.54, 1.807) is 7.11 Å². The van der Waals surface area contributed by atoms with Crippen LogP contribution in [0.1, 0.15) is 42.3 Å². The number of Topliss-reactive ketones (excluding diaryl/α,β-unsaturated/α-hetero) is 1. The van der Waals surface area contributed by atoms with Crippen molar-refractivity contribution in [2.24, 2.45) is 5.41 Å². The molecule has 0 N–H and O–H groups in total. The van der Waals surface area contributed by atoms with Crippen LogP contribution < -0.4 is 0 Å². The summed E-state index contributed by atoms with van der Waals surface area (Å²) in [5.74, 6) is 0.0584. The quantitative estimate of drug-likeness (QED) is 0.748. The Morgan fingerprint density at radius 2 is 1.76 bits per heavy atom. The topological polar surface area (TPSA) is 26.3 Å². The number of benzene rings is 1. The van der Waals surface area contributed by atoms with Gasteiger partial charge in [-0.15, -0.1) is 0 Å². The molecule has 1 unspecified atom stereocenters. The molecule has 0 aliphatic carbocycles. The molecule has 0 heterocycles. The lowest BCUT2D eigenvalue weighted by molar-refractivity contribution is 0.0196. The fourth-order valence-electron chi connectivity index (χ4n) is 1.90. The molecular formula is C15H22O2. The van der Waals surface area contributed by atoms with E-state index in [2.05, 4.69) is 0 Å². The SMILES string of the molecule is COC(C(=O)c1ccc(C)c(C)c1)C(C)(C)C. The summed E-state index contributed by atoms with van der Waals surface area (Å²) in [5.41, 5.74) is 2.88. The standard InChI is InChI=1S/C15H22O2/c1-10-7-8-12(9-11(10)2)13(16)14(17-6)15(3,4)5/h7-9,14H,1-6H3. The summed E-state index contributed by atoms with van der Waals surface area (Å²) in [6, 6.07) is 5.80. The van der Waals surface area contributed by atoms with Gasteiger partial charge in [0, 0.05) is 12.7 Å². The third kappa shape index (κ3) is 3.16. The second-order valence-corrected chi connectivity index (χ2v) is 5.65. The van der Waals surface area contributed by atoms with Gasteiger partial charge in [-0.3, -0.25) is 4.79 Å². The Labute approximate surface area is 104 Å². The van der Waals surface area contributed by atoms with Crippen molar-refractivity contribution in [3.8, 4) is 0 Å². The van der Waals surface area contributed by atoms with Gasteiger partial charge in [-0.05, 0) is 36.5 Å². The third-order valence-corrected chi connectivity index (χ3v) is 3.05. The molecule has 1 aromatic carbocycles. The highest BCUT2D eigenvalue weighted by Gasteiger charge is 2.31. The van der Waals surface area contributed by atoms with Crippen molar-refractivity contribution in [2.75, 3.05) is 7.11 Å². The lowest BCUT2D eigenvalue weighted by Crippen LogP contribution is -2.36. The predicted octanol–water partition coefficient (Wildman–Crippen LogP) is 3.55. The molecule has 0 spiro atoms. The highest BCUT2D eigenvalue weighted by atomic mass is 16.5. The van der Waals surface area contributed by atoms with Crippen LogP contribution in [0.5, 0.6) is 0 Å². The number of ketones is 1. The lowest BCUT2D eigenvalue weighted by atomic mass is 9.84. The number of aryl methyl sites for hydroxylation is 2. The van der Waals surface area contributed by atoms with Crippen LogP contribution in [0.15, 0.2) is 18.2 Å². The molecule has 0 aliphatic heterocycles. The van der Waals surface area contributed by atoms with Gasteiger partial charge < -0.3 is 4.74 Å². The van der Waals surface area contributed by atoms with Crippen molar-refractivity contribution in [3.63, 3.8) is 0 Å². The van der Waals surface area contributed by atoms with Crippen LogP contribution in [-0.2, 0) is 4.74 Å². The highest BCUT2D eigenvalue weighted by molar-refractivity contribution is 6.00. The zero-order valence-electron chi connectivity index (χ0n) is 11.6. The summed E-state index contributed by atoms with van der Waals surface area (Å²) >= 11 is 0. The van der Waals surface area contributed by atoms with Crippen molar-refractivity contribution in [1.82, 2.24) is 0 Å². The molecule has 17 heavy (non-hydrogen) atoms. The molecule has 0 bridgehead atoms. The Kier molecular flexibility index (Phi) is 4.10. The maximum absolute atomic E-state index is 12.4. The molecule has 0 saturated carbocycles. The average molecular weight is 234 g/mol. The van der Waals surface area contributed by atoms with Crippen molar-refractivity contribution in [2.45, 2.75) is 40.7 Å². The normalized spacial score (nSPS) is 13.5. The van der Waals surface area contributed by atoms with Gasteiger partial charge in [0.15, 0.2) is 5.78 Å². The minimum Gasteiger partial charge on any atom is -0.373 e. The van der Waals surface area contributed by atoms with Crippen molar-refractivity contribution < 1.29 is 9.53 Å². The van der Waals surface area contributed by atoms with E-state index in [1.807, 2.05) is 52.8 Å². The van der Waals surface area contributed by atoms with Crippen LogP contribution in [-0.4, -0.2) is 19.0 Å². The molecule has 1 aromatic rings. The maximum atomic E-state index is 12.4. The van der Waals surface area contributed by atoms with E-state index in [0.717, 1.165) is 11.1 Å². The molecule has 0 aliphatic rings. The van der Waals surface area contributed by atoms with E-state index < -0.39 is 6.10 Å². The Hall–Kier alpha value is -1.15. The molecular weight excluding hydrogens is 212 g/mol. The number of rotatable bonds is 3. The Morgan fingerprint density at radius 1 is 1.18 bits per heavy atom. The van der Waals surface area contributed by atoms with Gasteiger partial charge in [0.05, 0.1) is 0 Å². The third-order valence-electron chi connectivity index (χ3n) is 3.05. The van der Waals surface area contributed by atoms with Crippen molar-refractivity contribution in [3.05, 3.63) is 34.9 Å². The fourth-order valence-corrected chi connectivity index (χ4v) is 1.90. The van der Waals surface area contributed by atoms with Crippen molar-refractivity contribution in [1.29, 1.82) is 0 Å². The molecule has 94 valence electrons. The zero-order chi connectivity index (χ0) is 13.2. The smallest absolute Gasteiger partial charge is 0.192 e. The summed E-state index contributed by atoms with van der Waals surface area (Å²) < 4.78 is 5.35. The van der Waals surface area contributed by atoms with E-state index in [9.17, 15) is 4.79 Å². The van der Waals surface area contributed by atoms with Crippen LogP contribution in [0.3, 0.4) is 0 Å². The molecule has 0 amide bonds. The van der Waals surface area contributed by atoms with Gasteiger partial charge in [0.25, 0.3) is 0 Å². The van der Waals surface area contributed by atoms with E-state index >= 15 is 0 Å². The monoisotopic (exact) mass is 234 g/mol. The van der Waals surface area contributed by atoms with Crippen LogP contribution in [0.4, 0.5) is 0 Å².